The molecule has 0 aromatic heterocycles. The van der Waals surface area contributed by atoms with E-state index in [0.717, 1.165) is 18.9 Å². The first-order valence-corrected chi connectivity index (χ1v) is 7.21. The maximum Gasteiger partial charge on any atom is 0.488 e. The average molecular weight is 280 g/mol. The zero-order chi connectivity index (χ0) is 14.7. The van der Waals surface area contributed by atoms with Crippen LogP contribution in [-0.4, -0.2) is 23.3 Å². The van der Waals surface area contributed by atoms with Crippen LogP contribution in [-0.2, 0) is 11.3 Å². The molecule has 110 valence electrons. The fourth-order valence-electron chi connectivity index (χ4n) is 3.13. The molecule has 1 saturated carbocycles. The summed E-state index contributed by atoms with van der Waals surface area (Å²) in [5, 5.41) is 18.2. The maximum atomic E-state index is 13.4. The van der Waals surface area contributed by atoms with Crippen molar-refractivity contribution in [3.63, 3.8) is 0 Å². The quantitative estimate of drug-likeness (QED) is 0.827. The van der Waals surface area contributed by atoms with E-state index in [1.807, 2.05) is 0 Å². The van der Waals surface area contributed by atoms with Gasteiger partial charge in [0.1, 0.15) is 5.82 Å². The Morgan fingerprint density at radius 1 is 1.15 bits per heavy atom. The number of halogens is 1. The molecule has 1 fully saturated rings. The molecule has 0 bridgehead atoms. The van der Waals surface area contributed by atoms with Gasteiger partial charge in [0.15, 0.2) is 0 Å². The van der Waals surface area contributed by atoms with Gasteiger partial charge in [-0.15, -0.1) is 0 Å². The van der Waals surface area contributed by atoms with Crippen molar-refractivity contribution in [1.82, 2.24) is 0 Å². The Morgan fingerprint density at radius 3 is 2.40 bits per heavy atom. The summed E-state index contributed by atoms with van der Waals surface area (Å²) in [6.45, 7) is 4.77. The van der Waals surface area contributed by atoms with Crippen molar-refractivity contribution in [3.05, 3.63) is 29.6 Å². The fourth-order valence-corrected chi connectivity index (χ4v) is 3.13. The Bertz CT molecular complexity index is 443. The fraction of sp³-hybridized carbons (Fsp3) is 0.600. The third-order valence-corrected chi connectivity index (χ3v) is 3.90. The van der Waals surface area contributed by atoms with Crippen molar-refractivity contribution in [1.29, 1.82) is 0 Å². The van der Waals surface area contributed by atoms with Crippen molar-refractivity contribution < 1.29 is 19.2 Å². The molecule has 2 rings (SSSR count). The molecule has 0 saturated heterocycles. The topological polar surface area (TPSA) is 49.7 Å². The lowest BCUT2D eigenvalue weighted by atomic mass is 9.79. The minimum Gasteiger partial charge on any atom is -0.423 e. The Labute approximate surface area is 119 Å². The van der Waals surface area contributed by atoms with E-state index in [9.17, 15) is 4.39 Å². The third-order valence-electron chi connectivity index (χ3n) is 3.90. The Balaban J connectivity index is 1.96. The lowest BCUT2D eigenvalue weighted by Gasteiger charge is -2.31. The molecular weight excluding hydrogens is 258 g/mol. The van der Waals surface area contributed by atoms with Crippen LogP contribution in [0.2, 0.25) is 0 Å². The van der Waals surface area contributed by atoms with Crippen LogP contribution in [0.25, 0.3) is 0 Å². The van der Waals surface area contributed by atoms with Crippen LogP contribution in [0.5, 0.6) is 0 Å². The zero-order valence-corrected chi connectivity index (χ0v) is 12.1. The van der Waals surface area contributed by atoms with Gasteiger partial charge in [0.2, 0.25) is 0 Å². The van der Waals surface area contributed by atoms with Gasteiger partial charge in [0.05, 0.1) is 12.7 Å². The highest BCUT2D eigenvalue weighted by molar-refractivity contribution is 6.58. The predicted molar refractivity (Wildman–Crippen MR) is 77.0 cm³/mol. The number of hydrogen-bond acceptors (Lipinski definition) is 3. The molecule has 0 radical (unpaired) electrons. The monoisotopic (exact) mass is 280 g/mol. The van der Waals surface area contributed by atoms with E-state index < -0.39 is 12.9 Å². The largest absolute Gasteiger partial charge is 0.488 e. The molecule has 0 aliphatic heterocycles. The molecule has 0 spiro atoms. The molecule has 1 aromatic rings. The molecule has 1 aromatic carbocycles. The second-order valence-electron chi connectivity index (χ2n) is 6.12. The van der Waals surface area contributed by atoms with E-state index in [1.54, 1.807) is 6.07 Å². The highest BCUT2D eigenvalue weighted by atomic mass is 19.1. The summed E-state index contributed by atoms with van der Waals surface area (Å²) in [6, 6.07) is 4.07. The van der Waals surface area contributed by atoms with Crippen molar-refractivity contribution in [2.45, 2.75) is 45.8 Å². The molecule has 2 N–H and O–H groups in total. The van der Waals surface area contributed by atoms with Gasteiger partial charge in [0.25, 0.3) is 0 Å². The smallest absolute Gasteiger partial charge is 0.423 e. The number of rotatable bonds is 4. The van der Waals surface area contributed by atoms with Gasteiger partial charge >= 0.3 is 7.12 Å². The highest BCUT2D eigenvalue weighted by Crippen LogP contribution is 2.30. The molecule has 0 amide bonds. The Hall–Kier alpha value is -0.905. The van der Waals surface area contributed by atoms with Gasteiger partial charge in [-0.2, -0.15) is 0 Å². The first-order chi connectivity index (χ1) is 9.44. The summed E-state index contributed by atoms with van der Waals surface area (Å²) in [6.07, 6.45) is 3.52. The lowest BCUT2D eigenvalue weighted by Crippen LogP contribution is -2.31. The van der Waals surface area contributed by atoms with Crippen molar-refractivity contribution >= 4 is 12.6 Å². The van der Waals surface area contributed by atoms with E-state index in [2.05, 4.69) is 13.8 Å². The molecule has 2 atom stereocenters. The molecule has 3 nitrogen and oxygen atoms in total. The van der Waals surface area contributed by atoms with Gasteiger partial charge in [-0.1, -0.05) is 19.9 Å². The third kappa shape index (κ3) is 4.30. The summed E-state index contributed by atoms with van der Waals surface area (Å²) in [5.41, 5.74) is 0.799. The standard InChI is InChI=1S/C15H22BFO3/c1-10-3-11(2)5-15(4-10)20-9-12-6-13(16(18)19)8-14(17)7-12/h6-8,10-11,15,18-19H,3-5,9H2,1-2H3. The van der Waals surface area contributed by atoms with E-state index >= 15 is 0 Å². The van der Waals surface area contributed by atoms with Crippen molar-refractivity contribution in [3.8, 4) is 0 Å². The molecule has 1 aliphatic carbocycles. The first kappa shape index (κ1) is 15.5. The highest BCUT2D eigenvalue weighted by Gasteiger charge is 2.24. The van der Waals surface area contributed by atoms with Crippen LogP contribution < -0.4 is 5.46 Å². The van der Waals surface area contributed by atoms with Gasteiger partial charge < -0.3 is 14.8 Å². The molecule has 20 heavy (non-hydrogen) atoms. The second kappa shape index (κ2) is 6.70. The Morgan fingerprint density at radius 2 is 1.80 bits per heavy atom. The van der Waals surface area contributed by atoms with Crippen molar-refractivity contribution in [2.75, 3.05) is 0 Å². The van der Waals surface area contributed by atoms with Crippen LogP contribution in [0.3, 0.4) is 0 Å². The van der Waals surface area contributed by atoms with Gasteiger partial charge in [-0.25, -0.2) is 4.39 Å². The number of ether oxygens (including phenoxy) is 1. The molecule has 5 heteroatoms. The normalized spacial score (nSPS) is 26.6. The van der Waals surface area contributed by atoms with E-state index in [-0.39, 0.29) is 11.6 Å². The average Bonchev–Trinajstić information content (AvgIpc) is 2.34. The van der Waals surface area contributed by atoms with Crippen molar-refractivity contribution in [2.24, 2.45) is 11.8 Å². The van der Waals surface area contributed by atoms with Crippen LogP contribution >= 0.6 is 0 Å². The first-order valence-electron chi connectivity index (χ1n) is 7.21. The zero-order valence-electron chi connectivity index (χ0n) is 12.1. The minimum absolute atomic E-state index is 0.161. The minimum atomic E-state index is -1.65. The van der Waals surface area contributed by atoms with Crippen LogP contribution in [0.4, 0.5) is 4.39 Å². The predicted octanol–water partition coefficient (Wildman–Crippen LogP) is 1.85. The summed E-state index contributed by atoms with van der Waals surface area (Å²) in [4.78, 5) is 0. The van der Waals surface area contributed by atoms with E-state index in [4.69, 9.17) is 14.8 Å². The van der Waals surface area contributed by atoms with Gasteiger partial charge in [-0.3, -0.25) is 0 Å². The van der Waals surface area contributed by atoms with Gasteiger partial charge in [0, 0.05) is 0 Å². The number of benzene rings is 1. The lowest BCUT2D eigenvalue weighted by molar-refractivity contribution is -0.00921. The van der Waals surface area contributed by atoms with E-state index in [0.29, 0.717) is 24.0 Å². The summed E-state index contributed by atoms with van der Waals surface area (Å²) < 4.78 is 19.3. The summed E-state index contributed by atoms with van der Waals surface area (Å²) in [5.74, 6) is 0.844. The molecule has 1 aliphatic rings. The van der Waals surface area contributed by atoms with Crippen LogP contribution in [0.1, 0.15) is 38.7 Å². The maximum absolute atomic E-state index is 13.4. The van der Waals surface area contributed by atoms with Gasteiger partial charge in [-0.05, 0) is 54.3 Å². The second-order valence-corrected chi connectivity index (χ2v) is 6.12. The summed E-state index contributed by atoms with van der Waals surface area (Å²) in [7, 11) is -1.65. The SMILES string of the molecule is CC1CC(C)CC(OCc2cc(F)cc(B(O)O)c2)C1. The molecule has 0 heterocycles. The Kier molecular flexibility index (Phi) is 5.19. The van der Waals surface area contributed by atoms with Crippen LogP contribution in [0, 0.1) is 17.7 Å². The number of hydrogen-bond donors (Lipinski definition) is 2. The molecule has 2 unspecified atom stereocenters. The molecular formula is C15H22BFO3. The summed E-state index contributed by atoms with van der Waals surface area (Å²) >= 11 is 0. The van der Waals surface area contributed by atoms with Crippen LogP contribution in [0.15, 0.2) is 18.2 Å². The van der Waals surface area contributed by atoms with E-state index in [1.165, 1.54) is 12.5 Å².